The fourth-order valence-corrected chi connectivity index (χ4v) is 2.12. The van der Waals surface area contributed by atoms with Crippen LogP contribution in [0, 0.1) is 11.8 Å². The molecule has 3 aliphatic rings. The minimum absolute atomic E-state index is 0.230. The lowest BCUT2D eigenvalue weighted by molar-refractivity contribution is 0.0657. The molecule has 1 aliphatic carbocycles. The van der Waals surface area contributed by atoms with Crippen molar-refractivity contribution in [3.8, 4) is 0 Å². The Morgan fingerprint density at radius 2 is 2.09 bits per heavy atom. The van der Waals surface area contributed by atoms with E-state index in [1.807, 2.05) is 0 Å². The number of nitrogens with one attached hydrogen (secondary N) is 2. The molecule has 1 saturated carbocycles. The molecule has 3 rings (SSSR count). The summed E-state index contributed by atoms with van der Waals surface area (Å²) in [5, 5.41) is 14.3. The van der Waals surface area contributed by atoms with Crippen LogP contribution in [0.15, 0.2) is 0 Å². The van der Waals surface area contributed by atoms with Gasteiger partial charge in [-0.2, -0.15) is 0 Å². The van der Waals surface area contributed by atoms with E-state index in [0.29, 0.717) is 11.8 Å². The Balaban J connectivity index is 1.91. The Hall–Kier alpha value is -0.770. The number of carboxylic acid groups (broad SMARTS) is 1. The molecular weight excluding hydrogens is 144 g/mol. The molecule has 1 unspecified atom stereocenters. The van der Waals surface area contributed by atoms with Crippen molar-refractivity contribution in [2.45, 2.75) is 12.5 Å². The monoisotopic (exact) mass is 156 g/mol. The quantitative estimate of drug-likeness (QED) is 0.495. The molecule has 4 nitrogen and oxygen atoms in total. The highest BCUT2D eigenvalue weighted by atomic mass is 16.4. The Morgan fingerprint density at radius 1 is 1.45 bits per heavy atom. The van der Waals surface area contributed by atoms with Gasteiger partial charge >= 0.3 is 6.09 Å². The zero-order valence-electron chi connectivity index (χ0n) is 6.21. The van der Waals surface area contributed by atoms with Crippen molar-refractivity contribution >= 4 is 6.09 Å². The summed E-state index contributed by atoms with van der Waals surface area (Å²) in [6.45, 7) is 1.95. The number of amides is 1. The highest BCUT2D eigenvalue weighted by molar-refractivity contribution is 5.65. The summed E-state index contributed by atoms with van der Waals surface area (Å²) in [4.78, 5) is 10.3. The Labute approximate surface area is 65.0 Å². The van der Waals surface area contributed by atoms with E-state index in [9.17, 15) is 4.79 Å². The van der Waals surface area contributed by atoms with Gasteiger partial charge < -0.3 is 15.7 Å². The van der Waals surface area contributed by atoms with Gasteiger partial charge in [0.2, 0.25) is 0 Å². The molecule has 2 bridgehead atoms. The second-order valence-electron chi connectivity index (χ2n) is 3.39. The van der Waals surface area contributed by atoms with E-state index in [2.05, 4.69) is 10.6 Å². The summed E-state index contributed by atoms with van der Waals surface area (Å²) in [6.07, 6.45) is 0.310. The first-order valence-corrected chi connectivity index (χ1v) is 3.97. The third kappa shape index (κ3) is 1.07. The van der Waals surface area contributed by atoms with Crippen molar-refractivity contribution in [1.82, 2.24) is 10.6 Å². The van der Waals surface area contributed by atoms with Crippen LogP contribution in [0.25, 0.3) is 0 Å². The molecule has 3 N–H and O–H groups in total. The number of carbonyl (C=O) groups is 1. The number of piperidine rings is 2. The normalized spacial score (nSPS) is 40.9. The van der Waals surface area contributed by atoms with E-state index in [1.165, 1.54) is 6.42 Å². The number of rotatable bonds is 1. The molecule has 0 spiro atoms. The summed E-state index contributed by atoms with van der Waals surface area (Å²) in [5.74, 6) is 1.09. The van der Waals surface area contributed by atoms with E-state index < -0.39 is 6.09 Å². The molecule has 62 valence electrons. The lowest BCUT2D eigenvalue weighted by Crippen LogP contribution is -2.63. The summed E-state index contributed by atoms with van der Waals surface area (Å²) < 4.78 is 0. The fraction of sp³-hybridized carbons (Fsp3) is 0.857. The van der Waals surface area contributed by atoms with E-state index in [0.717, 1.165) is 13.1 Å². The first kappa shape index (κ1) is 6.91. The van der Waals surface area contributed by atoms with Gasteiger partial charge in [-0.1, -0.05) is 0 Å². The number of fused-ring (bicyclic) bond motifs is 2. The molecule has 0 radical (unpaired) electrons. The fourth-order valence-electron chi connectivity index (χ4n) is 2.12. The predicted molar refractivity (Wildman–Crippen MR) is 39.4 cm³/mol. The van der Waals surface area contributed by atoms with Gasteiger partial charge in [-0.05, 0) is 31.3 Å². The lowest BCUT2D eigenvalue weighted by atomic mass is 9.67. The average Bonchev–Trinajstić information content (AvgIpc) is 2.01. The molecule has 0 aromatic heterocycles. The van der Waals surface area contributed by atoms with E-state index in [1.54, 1.807) is 0 Å². The van der Waals surface area contributed by atoms with Gasteiger partial charge in [0, 0.05) is 6.04 Å². The molecule has 2 aliphatic heterocycles. The van der Waals surface area contributed by atoms with E-state index in [-0.39, 0.29) is 6.04 Å². The summed E-state index contributed by atoms with van der Waals surface area (Å²) in [5.41, 5.74) is 0. The maximum atomic E-state index is 10.3. The molecular formula is C7H12N2O2. The van der Waals surface area contributed by atoms with Crippen LogP contribution in [0.3, 0.4) is 0 Å². The highest BCUT2D eigenvalue weighted by Crippen LogP contribution is 2.36. The van der Waals surface area contributed by atoms with Crippen LogP contribution in [-0.4, -0.2) is 30.3 Å². The zero-order chi connectivity index (χ0) is 7.84. The third-order valence-electron chi connectivity index (χ3n) is 2.72. The molecule has 1 amide bonds. The molecule has 4 heteroatoms. The minimum atomic E-state index is -0.883. The van der Waals surface area contributed by atoms with Gasteiger partial charge in [0.05, 0.1) is 0 Å². The smallest absolute Gasteiger partial charge is 0.404 e. The SMILES string of the molecule is O=C(O)NC1[C@@H]2CNC[C@H]1C2. The lowest BCUT2D eigenvalue weighted by Gasteiger charge is -2.49. The summed E-state index contributed by atoms with van der Waals surface area (Å²) in [6, 6.07) is 0.230. The second kappa shape index (κ2) is 2.37. The van der Waals surface area contributed by atoms with Crippen LogP contribution in [0.1, 0.15) is 6.42 Å². The first-order chi connectivity index (χ1) is 5.27. The summed E-state index contributed by atoms with van der Waals surface area (Å²) in [7, 11) is 0. The standard InChI is InChI=1S/C7H12N2O2/c10-7(11)9-6-4-1-5(6)3-8-2-4/h4-6,8-9H,1-3H2,(H,10,11)/t4-,5+,6?. The molecule has 2 heterocycles. The molecule has 0 aromatic rings. The van der Waals surface area contributed by atoms with E-state index in [4.69, 9.17) is 5.11 Å². The highest BCUT2D eigenvalue weighted by Gasteiger charge is 2.44. The maximum Gasteiger partial charge on any atom is 0.404 e. The van der Waals surface area contributed by atoms with Crippen molar-refractivity contribution in [2.75, 3.05) is 13.1 Å². The molecule has 3 fully saturated rings. The molecule has 3 atom stereocenters. The third-order valence-corrected chi connectivity index (χ3v) is 2.72. The largest absolute Gasteiger partial charge is 0.465 e. The first-order valence-electron chi connectivity index (χ1n) is 3.97. The van der Waals surface area contributed by atoms with Crippen LogP contribution in [-0.2, 0) is 0 Å². The van der Waals surface area contributed by atoms with Gasteiger partial charge in [-0.3, -0.25) is 0 Å². The Kier molecular flexibility index (Phi) is 1.49. The Bertz CT molecular complexity index is 169. The topological polar surface area (TPSA) is 61.4 Å². The average molecular weight is 156 g/mol. The van der Waals surface area contributed by atoms with Gasteiger partial charge in [0.1, 0.15) is 0 Å². The van der Waals surface area contributed by atoms with Gasteiger partial charge in [-0.15, -0.1) is 0 Å². The van der Waals surface area contributed by atoms with Crippen LogP contribution in [0.4, 0.5) is 4.79 Å². The van der Waals surface area contributed by atoms with E-state index >= 15 is 0 Å². The van der Waals surface area contributed by atoms with Crippen LogP contribution >= 0.6 is 0 Å². The van der Waals surface area contributed by atoms with Crippen LogP contribution < -0.4 is 10.6 Å². The molecule has 2 saturated heterocycles. The number of hydrogen-bond donors (Lipinski definition) is 3. The van der Waals surface area contributed by atoms with Gasteiger partial charge in [0.15, 0.2) is 0 Å². The van der Waals surface area contributed by atoms with Gasteiger partial charge in [0.25, 0.3) is 0 Å². The van der Waals surface area contributed by atoms with Crippen molar-refractivity contribution in [3.63, 3.8) is 0 Å². The van der Waals surface area contributed by atoms with Gasteiger partial charge in [-0.25, -0.2) is 4.79 Å². The van der Waals surface area contributed by atoms with Crippen LogP contribution in [0.5, 0.6) is 0 Å². The summed E-state index contributed by atoms with van der Waals surface area (Å²) >= 11 is 0. The van der Waals surface area contributed by atoms with Crippen molar-refractivity contribution in [2.24, 2.45) is 11.8 Å². The second-order valence-corrected chi connectivity index (χ2v) is 3.39. The van der Waals surface area contributed by atoms with Crippen molar-refractivity contribution in [1.29, 1.82) is 0 Å². The Morgan fingerprint density at radius 3 is 2.55 bits per heavy atom. The molecule has 0 aromatic carbocycles. The minimum Gasteiger partial charge on any atom is -0.465 e. The number of hydrogen-bond acceptors (Lipinski definition) is 2. The van der Waals surface area contributed by atoms with Crippen molar-refractivity contribution in [3.05, 3.63) is 0 Å². The maximum absolute atomic E-state index is 10.3. The molecule has 11 heavy (non-hydrogen) atoms. The predicted octanol–water partition coefficient (Wildman–Crippen LogP) is -0.138. The zero-order valence-corrected chi connectivity index (χ0v) is 6.21. The van der Waals surface area contributed by atoms with Crippen LogP contribution in [0.2, 0.25) is 0 Å². The van der Waals surface area contributed by atoms with Crippen molar-refractivity contribution < 1.29 is 9.90 Å².